The van der Waals surface area contributed by atoms with Gasteiger partial charge >= 0.3 is 12.4 Å². The van der Waals surface area contributed by atoms with Crippen molar-refractivity contribution in [3.8, 4) is 0 Å². The topological polar surface area (TPSA) is 70.1 Å². The number of benzene rings is 1. The van der Waals surface area contributed by atoms with E-state index in [1.54, 1.807) is 0 Å². The van der Waals surface area contributed by atoms with Crippen LogP contribution in [-0.2, 0) is 12.4 Å². The van der Waals surface area contributed by atoms with Crippen LogP contribution in [0.3, 0.4) is 0 Å². The molecule has 0 aliphatic heterocycles. The molecule has 12 heteroatoms. The maximum atomic E-state index is 13.0. The summed E-state index contributed by atoms with van der Waals surface area (Å²) in [6, 6.07) is 3.38. The van der Waals surface area contributed by atoms with E-state index < -0.39 is 28.6 Å². The fourth-order valence-corrected chi connectivity index (χ4v) is 2.21. The molecule has 0 atom stereocenters. The van der Waals surface area contributed by atoms with E-state index in [1.807, 2.05) is 0 Å². The number of hydrogen-bond donors (Lipinski definition) is 3. The molecule has 0 saturated heterocycles. The van der Waals surface area contributed by atoms with Crippen LogP contribution in [-0.4, -0.2) is 28.2 Å². The second-order valence-corrected chi connectivity index (χ2v) is 5.69. The van der Waals surface area contributed by atoms with E-state index in [4.69, 9.17) is 16.7 Å². The van der Waals surface area contributed by atoms with Crippen molar-refractivity contribution in [3.05, 3.63) is 40.5 Å². The van der Waals surface area contributed by atoms with Gasteiger partial charge in [-0.2, -0.15) is 31.3 Å². The number of hydrogen-bond acceptors (Lipinski definition) is 5. The van der Waals surface area contributed by atoms with E-state index in [-0.39, 0.29) is 37.0 Å². The summed E-state index contributed by atoms with van der Waals surface area (Å²) in [5.74, 6) is -0.745. The van der Waals surface area contributed by atoms with E-state index in [2.05, 4.69) is 20.6 Å². The Morgan fingerprint density at radius 1 is 1.00 bits per heavy atom. The summed E-state index contributed by atoms with van der Waals surface area (Å²) < 4.78 is 77.7. The first kappa shape index (κ1) is 21.0. The van der Waals surface area contributed by atoms with Crippen LogP contribution < -0.4 is 10.6 Å². The number of anilines is 3. The molecule has 2 rings (SSSR count). The highest BCUT2D eigenvalue weighted by Crippen LogP contribution is 2.37. The summed E-state index contributed by atoms with van der Waals surface area (Å²) in [4.78, 5) is 7.12. The molecule has 0 radical (unpaired) electrons. The summed E-state index contributed by atoms with van der Waals surface area (Å²) in [7, 11) is 0. The molecule has 0 saturated carbocycles. The maximum Gasteiger partial charge on any atom is 0.433 e. The van der Waals surface area contributed by atoms with Crippen LogP contribution in [0.15, 0.2) is 24.3 Å². The molecule has 0 fully saturated rings. The number of aromatic nitrogens is 2. The molecule has 1 aromatic carbocycles. The fraction of sp³-hybridized carbons (Fsp3) is 0.333. The average Bonchev–Trinajstić information content (AvgIpc) is 2.55. The van der Waals surface area contributed by atoms with E-state index in [0.717, 1.165) is 6.07 Å². The molecule has 0 bridgehead atoms. The smallest absolute Gasteiger partial charge is 0.396 e. The Balaban J connectivity index is 2.36. The lowest BCUT2D eigenvalue weighted by Gasteiger charge is -2.14. The van der Waals surface area contributed by atoms with Crippen molar-refractivity contribution in [2.24, 2.45) is 0 Å². The van der Waals surface area contributed by atoms with Gasteiger partial charge in [0.1, 0.15) is 5.82 Å². The minimum atomic E-state index is -4.79. The Bertz CT molecular complexity index is 797. The van der Waals surface area contributed by atoms with Crippen molar-refractivity contribution in [1.82, 2.24) is 9.97 Å². The third kappa shape index (κ3) is 5.86. The second-order valence-electron chi connectivity index (χ2n) is 5.28. The van der Waals surface area contributed by atoms with E-state index in [0.29, 0.717) is 12.1 Å². The highest BCUT2D eigenvalue weighted by molar-refractivity contribution is 6.31. The van der Waals surface area contributed by atoms with Crippen LogP contribution in [0.25, 0.3) is 0 Å². The number of aliphatic hydroxyl groups is 1. The zero-order chi connectivity index (χ0) is 20.2. The van der Waals surface area contributed by atoms with Crippen LogP contribution in [0.5, 0.6) is 0 Å². The van der Waals surface area contributed by atoms with Crippen LogP contribution >= 0.6 is 11.6 Å². The molecule has 0 aliphatic carbocycles. The largest absolute Gasteiger partial charge is 0.433 e. The molecule has 0 aliphatic rings. The third-order valence-corrected chi connectivity index (χ3v) is 3.51. The molecule has 27 heavy (non-hydrogen) atoms. The Kier molecular flexibility index (Phi) is 6.37. The van der Waals surface area contributed by atoms with Gasteiger partial charge in [0.2, 0.25) is 5.95 Å². The Hall–Kier alpha value is -2.27. The van der Waals surface area contributed by atoms with Crippen LogP contribution in [0, 0.1) is 0 Å². The number of alkyl halides is 6. The molecule has 1 aromatic heterocycles. The quantitative estimate of drug-likeness (QED) is 0.472. The van der Waals surface area contributed by atoms with Gasteiger partial charge in [0, 0.05) is 24.9 Å². The second kappa shape index (κ2) is 8.17. The van der Waals surface area contributed by atoms with Gasteiger partial charge in [-0.1, -0.05) is 11.6 Å². The molecular weight excluding hydrogens is 402 g/mol. The number of nitrogens with one attached hydrogen (secondary N) is 2. The van der Waals surface area contributed by atoms with Crippen molar-refractivity contribution < 1.29 is 31.4 Å². The summed E-state index contributed by atoms with van der Waals surface area (Å²) >= 11 is 5.51. The molecule has 5 nitrogen and oxygen atoms in total. The van der Waals surface area contributed by atoms with Gasteiger partial charge < -0.3 is 15.7 Å². The minimum Gasteiger partial charge on any atom is -0.396 e. The molecular formula is C15H13ClF6N4O. The Morgan fingerprint density at radius 2 is 1.70 bits per heavy atom. The molecule has 2 aromatic rings. The van der Waals surface area contributed by atoms with Gasteiger partial charge in [0.05, 0.1) is 10.6 Å². The average molecular weight is 415 g/mol. The highest BCUT2D eigenvalue weighted by atomic mass is 35.5. The number of nitrogens with zero attached hydrogens (tertiary/aromatic N) is 2. The standard InChI is InChI=1S/C15H13ClF6N4O/c16-10-3-2-8(6-9(10)14(17,18)19)24-12-7-11(15(20,21)22)25-13(26-12)23-4-1-5-27/h2-3,6-7,27H,1,4-5H2,(H2,23,24,25,26). The van der Waals surface area contributed by atoms with Crippen LogP contribution in [0.2, 0.25) is 5.02 Å². The zero-order valence-corrected chi connectivity index (χ0v) is 14.2. The molecule has 148 valence electrons. The molecule has 1 heterocycles. The lowest BCUT2D eigenvalue weighted by Crippen LogP contribution is -2.14. The SMILES string of the molecule is OCCCNc1nc(Nc2ccc(Cl)c(C(F)(F)F)c2)cc(C(F)(F)F)n1. The molecule has 0 unspecified atom stereocenters. The summed E-state index contributed by atoms with van der Waals surface area (Å²) in [6.45, 7) is -0.0848. The lowest BCUT2D eigenvalue weighted by atomic mass is 10.2. The summed E-state index contributed by atoms with van der Waals surface area (Å²) in [6.07, 6.45) is -9.27. The van der Waals surface area contributed by atoms with Gasteiger partial charge in [0.25, 0.3) is 0 Å². The van der Waals surface area contributed by atoms with Gasteiger partial charge in [-0.25, -0.2) is 4.98 Å². The first-order valence-electron chi connectivity index (χ1n) is 7.45. The van der Waals surface area contributed by atoms with Gasteiger partial charge in [0.15, 0.2) is 5.69 Å². The van der Waals surface area contributed by atoms with Crippen molar-refractivity contribution in [2.75, 3.05) is 23.8 Å². The maximum absolute atomic E-state index is 13.0. The van der Waals surface area contributed by atoms with E-state index in [9.17, 15) is 26.3 Å². The fourth-order valence-electron chi connectivity index (χ4n) is 1.98. The third-order valence-electron chi connectivity index (χ3n) is 3.18. The van der Waals surface area contributed by atoms with Crippen molar-refractivity contribution in [1.29, 1.82) is 0 Å². The van der Waals surface area contributed by atoms with Crippen LogP contribution in [0.4, 0.5) is 43.8 Å². The minimum absolute atomic E-state index is 0.108. The molecule has 0 amide bonds. The van der Waals surface area contributed by atoms with E-state index in [1.165, 1.54) is 6.07 Å². The first-order chi connectivity index (χ1) is 12.5. The zero-order valence-electron chi connectivity index (χ0n) is 13.4. The highest BCUT2D eigenvalue weighted by Gasteiger charge is 2.35. The van der Waals surface area contributed by atoms with Gasteiger partial charge in [-0.05, 0) is 24.6 Å². The monoisotopic (exact) mass is 414 g/mol. The number of rotatable bonds is 6. The normalized spacial score (nSPS) is 12.1. The predicted octanol–water partition coefficient (Wildman–Crippen LogP) is 4.71. The molecule has 0 spiro atoms. The number of halogens is 7. The Morgan fingerprint density at radius 3 is 2.30 bits per heavy atom. The van der Waals surface area contributed by atoms with Gasteiger partial charge in [-0.15, -0.1) is 0 Å². The summed E-state index contributed by atoms with van der Waals surface area (Å²) in [5.41, 5.74) is -2.57. The predicted molar refractivity (Wildman–Crippen MR) is 87.0 cm³/mol. The van der Waals surface area contributed by atoms with E-state index >= 15 is 0 Å². The first-order valence-corrected chi connectivity index (χ1v) is 7.83. The molecule has 3 N–H and O–H groups in total. The van der Waals surface area contributed by atoms with Crippen molar-refractivity contribution in [2.45, 2.75) is 18.8 Å². The summed E-state index contributed by atoms with van der Waals surface area (Å²) in [5, 5.41) is 13.1. The van der Waals surface area contributed by atoms with Crippen molar-refractivity contribution >= 4 is 29.1 Å². The Labute approximate surface area is 154 Å². The number of aliphatic hydroxyl groups excluding tert-OH is 1. The van der Waals surface area contributed by atoms with Gasteiger partial charge in [-0.3, -0.25) is 0 Å². The van der Waals surface area contributed by atoms with Crippen LogP contribution in [0.1, 0.15) is 17.7 Å². The van der Waals surface area contributed by atoms with Crippen molar-refractivity contribution in [3.63, 3.8) is 0 Å². The lowest BCUT2D eigenvalue weighted by molar-refractivity contribution is -0.141.